The molecule has 1 atom stereocenters. The summed E-state index contributed by atoms with van der Waals surface area (Å²) in [6.07, 6.45) is 1.02. The summed E-state index contributed by atoms with van der Waals surface area (Å²) in [5.74, 6) is 0. The Kier molecular flexibility index (Phi) is 3.34. The Morgan fingerprint density at radius 2 is 2.50 bits per heavy atom. The van der Waals surface area contributed by atoms with E-state index < -0.39 is 0 Å². The second-order valence-corrected chi connectivity index (χ2v) is 3.19. The Morgan fingerprint density at radius 1 is 1.75 bits per heavy atom. The number of hydrogen-bond donors (Lipinski definition) is 2. The molecule has 0 aromatic rings. The molecule has 2 amide bonds. The second kappa shape index (κ2) is 4.30. The van der Waals surface area contributed by atoms with E-state index in [2.05, 4.69) is 17.6 Å². The summed E-state index contributed by atoms with van der Waals surface area (Å²) in [4.78, 5) is 13.1. The molecule has 1 aliphatic heterocycles. The average Bonchev–Trinajstić information content (AvgIpc) is 2.35. The maximum absolute atomic E-state index is 11.2. The summed E-state index contributed by atoms with van der Waals surface area (Å²) in [5.41, 5.74) is 0. The molecule has 1 fully saturated rings. The molecule has 70 valence electrons. The van der Waals surface area contributed by atoms with Gasteiger partial charge in [0.05, 0.1) is 0 Å². The van der Waals surface area contributed by atoms with Crippen LogP contribution in [0.3, 0.4) is 0 Å². The van der Waals surface area contributed by atoms with Gasteiger partial charge in [0.15, 0.2) is 0 Å². The first kappa shape index (κ1) is 9.32. The van der Waals surface area contributed by atoms with Gasteiger partial charge in [-0.2, -0.15) is 0 Å². The van der Waals surface area contributed by atoms with Gasteiger partial charge < -0.3 is 15.5 Å². The van der Waals surface area contributed by atoms with Crippen molar-refractivity contribution in [2.75, 3.05) is 26.7 Å². The van der Waals surface area contributed by atoms with Gasteiger partial charge in [-0.15, -0.1) is 0 Å². The molecule has 1 rings (SSSR count). The van der Waals surface area contributed by atoms with Gasteiger partial charge in [-0.25, -0.2) is 4.79 Å². The fourth-order valence-corrected chi connectivity index (χ4v) is 1.40. The van der Waals surface area contributed by atoms with Gasteiger partial charge in [0.2, 0.25) is 0 Å². The minimum atomic E-state index is 0.0820. The molecule has 2 N–H and O–H groups in total. The maximum Gasteiger partial charge on any atom is 0.317 e. The molecule has 0 radical (unpaired) electrons. The Hall–Kier alpha value is -0.770. The highest BCUT2D eigenvalue weighted by atomic mass is 16.2. The predicted octanol–water partition coefficient (Wildman–Crippen LogP) is 0.00960. The molecular formula is C8H17N3O. The van der Waals surface area contributed by atoms with Crippen LogP contribution in [-0.4, -0.2) is 43.7 Å². The number of carbonyl (C=O) groups excluding carboxylic acids is 1. The molecule has 1 heterocycles. The number of hydrogen-bond acceptors (Lipinski definition) is 2. The van der Waals surface area contributed by atoms with E-state index >= 15 is 0 Å². The van der Waals surface area contributed by atoms with Crippen molar-refractivity contribution >= 4 is 6.03 Å². The summed E-state index contributed by atoms with van der Waals surface area (Å²) in [5, 5.41) is 5.88. The number of urea groups is 1. The standard InChI is InChI=1S/C8H17N3O/c1-7-6-10-8(12)11(7)5-3-4-9-2/h7,9H,3-6H2,1-2H3,(H,10,12). The molecule has 1 aliphatic rings. The summed E-state index contributed by atoms with van der Waals surface area (Å²) < 4.78 is 0. The smallest absolute Gasteiger partial charge is 0.317 e. The third kappa shape index (κ3) is 2.11. The zero-order valence-electron chi connectivity index (χ0n) is 7.76. The topological polar surface area (TPSA) is 44.4 Å². The lowest BCUT2D eigenvalue weighted by Crippen LogP contribution is -2.34. The molecule has 0 saturated carbocycles. The van der Waals surface area contributed by atoms with Crippen molar-refractivity contribution in [3.05, 3.63) is 0 Å². The van der Waals surface area contributed by atoms with E-state index in [0.717, 1.165) is 26.1 Å². The van der Waals surface area contributed by atoms with E-state index in [9.17, 15) is 4.79 Å². The second-order valence-electron chi connectivity index (χ2n) is 3.19. The van der Waals surface area contributed by atoms with Crippen molar-refractivity contribution in [1.29, 1.82) is 0 Å². The highest BCUT2D eigenvalue weighted by molar-refractivity contribution is 5.76. The molecule has 0 aromatic carbocycles. The molecule has 1 saturated heterocycles. The van der Waals surface area contributed by atoms with Crippen LogP contribution in [0.1, 0.15) is 13.3 Å². The van der Waals surface area contributed by atoms with E-state index in [0.29, 0.717) is 6.04 Å². The Bertz CT molecular complexity index is 160. The van der Waals surface area contributed by atoms with E-state index in [4.69, 9.17) is 0 Å². The van der Waals surface area contributed by atoms with Crippen LogP contribution in [0.25, 0.3) is 0 Å². The monoisotopic (exact) mass is 171 g/mol. The van der Waals surface area contributed by atoms with Crippen LogP contribution in [0, 0.1) is 0 Å². The number of amides is 2. The molecule has 0 bridgehead atoms. The summed E-state index contributed by atoms with van der Waals surface area (Å²) in [6, 6.07) is 0.438. The lowest BCUT2D eigenvalue weighted by Gasteiger charge is -2.19. The van der Waals surface area contributed by atoms with Crippen LogP contribution in [-0.2, 0) is 0 Å². The molecule has 0 aromatic heterocycles. The fourth-order valence-electron chi connectivity index (χ4n) is 1.40. The normalized spacial score (nSPS) is 23.0. The third-order valence-electron chi connectivity index (χ3n) is 2.17. The molecule has 1 unspecified atom stereocenters. The van der Waals surface area contributed by atoms with Crippen molar-refractivity contribution in [3.8, 4) is 0 Å². The quantitative estimate of drug-likeness (QED) is 0.585. The van der Waals surface area contributed by atoms with Crippen LogP contribution < -0.4 is 10.6 Å². The Balaban J connectivity index is 2.25. The zero-order valence-corrected chi connectivity index (χ0v) is 7.76. The van der Waals surface area contributed by atoms with Crippen LogP contribution in [0.5, 0.6) is 0 Å². The highest BCUT2D eigenvalue weighted by Crippen LogP contribution is 2.05. The van der Waals surface area contributed by atoms with Gasteiger partial charge in [-0.05, 0) is 26.9 Å². The van der Waals surface area contributed by atoms with Gasteiger partial charge >= 0.3 is 6.03 Å². The van der Waals surface area contributed by atoms with Gasteiger partial charge in [0, 0.05) is 19.1 Å². The SMILES string of the molecule is CNCCCN1C(=O)NCC1C. The van der Waals surface area contributed by atoms with Crippen LogP contribution in [0.4, 0.5) is 4.79 Å². The van der Waals surface area contributed by atoms with E-state index in [1.807, 2.05) is 11.9 Å². The van der Waals surface area contributed by atoms with E-state index in [1.165, 1.54) is 0 Å². The van der Waals surface area contributed by atoms with Crippen molar-refractivity contribution in [2.24, 2.45) is 0 Å². The minimum absolute atomic E-state index is 0.0820. The first-order valence-corrected chi connectivity index (χ1v) is 4.44. The molecule has 12 heavy (non-hydrogen) atoms. The van der Waals surface area contributed by atoms with Crippen molar-refractivity contribution < 1.29 is 4.79 Å². The van der Waals surface area contributed by atoms with Crippen LogP contribution in [0.2, 0.25) is 0 Å². The lowest BCUT2D eigenvalue weighted by molar-refractivity contribution is 0.206. The minimum Gasteiger partial charge on any atom is -0.336 e. The van der Waals surface area contributed by atoms with E-state index in [-0.39, 0.29) is 6.03 Å². The first-order chi connectivity index (χ1) is 5.75. The van der Waals surface area contributed by atoms with Crippen molar-refractivity contribution in [3.63, 3.8) is 0 Å². The first-order valence-electron chi connectivity index (χ1n) is 4.44. The van der Waals surface area contributed by atoms with Crippen LogP contribution in [0.15, 0.2) is 0 Å². The van der Waals surface area contributed by atoms with E-state index in [1.54, 1.807) is 0 Å². The number of nitrogens with one attached hydrogen (secondary N) is 2. The summed E-state index contributed by atoms with van der Waals surface area (Å²) >= 11 is 0. The van der Waals surface area contributed by atoms with Gasteiger partial charge in [0.1, 0.15) is 0 Å². The number of rotatable bonds is 4. The molecule has 0 spiro atoms. The Labute approximate surface area is 73.3 Å². The molecule has 0 aliphatic carbocycles. The molecule has 4 heteroatoms. The number of nitrogens with zero attached hydrogens (tertiary/aromatic N) is 1. The number of carbonyl (C=O) groups is 1. The maximum atomic E-state index is 11.2. The van der Waals surface area contributed by atoms with Gasteiger partial charge in [-0.3, -0.25) is 0 Å². The summed E-state index contributed by atoms with van der Waals surface area (Å²) in [6.45, 7) is 4.68. The molecular weight excluding hydrogens is 154 g/mol. The predicted molar refractivity (Wildman–Crippen MR) is 48.1 cm³/mol. The zero-order chi connectivity index (χ0) is 8.97. The largest absolute Gasteiger partial charge is 0.336 e. The highest BCUT2D eigenvalue weighted by Gasteiger charge is 2.25. The van der Waals surface area contributed by atoms with Crippen molar-refractivity contribution in [1.82, 2.24) is 15.5 Å². The van der Waals surface area contributed by atoms with Gasteiger partial charge in [-0.1, -0.05) is 0 Å². The fraction of sp³-hybridized carbons (Fsp3) is 0.875. The van der Waals surface area contributed by atoms with Crippen molar-refractivity contribution in [2.45, 2.75) is 19.4 Å². The van der Waals surface area contributed by atoms with Gasteiger partial charge in [0.25, 0.3) is 0 Å². The lowest BCUT2D eigenvalue weighted by atomic mass is 10.3. The van der Waals surface area contributed by atoms with Crippen LogP contribution >= 0.6 is 0 Å². The third-order valence-corrected chi connectivity index (χ3v) is 2.17. The Morgan fingerprint density at radius 3 is 3.00 bits per heavy atom. The average molecular weight is 171 g/mol. The molecule has 4 nitrogen and oxygen atoms in total. The summed E-state index contributed by atoms with van der Waals surface area (Å²) in [7, 11) is 1.92.